The highest BCUT2D eigenvalue weighted by atomic mass is 15.5. The minimum Gasteiger partial charge on any atom is -0.315 e. The summed E-state index contributed by atoms with van der Waals surface area (Å²) in [6.07, 6.45) is 8.01. The summed E-state index contributed by atoms with van der Waals surface area (Å²) < 4.78 is 0. The number of aromatic nitrogens is 2. The minimum atomic E-state index is -0.0576. The van der Waals surface area contributed by atoms with Gasteiger partial charge in [0.25, 0.3) is 0 Å². The summed E-state index contributed by atoms with van der Waals surface area (Å²) in [4.78, 5) is 14.1. The quantitative estimate of drug-likeness (QED) is 0.442. The highest BCUT2D eigenvalue weighted by Crippen LogP contribution is 2.60. The predicted octanol–water partition coefficient (Wildman–Crippen LogP) is 6.82. The van der Waals surface area contributed by atoms with Crippen LogP contribution in [-0.4, -0.2) is 16.1 Å². The maximum absolute atomic E-state index is 4.81. The number of anilines is 4. The van der Waals surface area contributed by atoms with E-state index in [1.54, 1.807) is 6.33 Å². The van der Waals surface area contributed by atoms with Crippen molar-refractivity contribution < 1.29 is 0 Å². The fraction of sp³-hybridized carbons (Fsp3) is 0.333. The minimum absolute atomic E-state index is 0.0576. The molecular weight excluding hydrogens is 380 g/mol. The molecule has 2 aromatic carbocycles. The Kier molecular flexibility index (Phi) is 4.81. The van der Waals surface area contributed by atoms with Crippen molar-refractivity contribution in [1.82, 2.24) is 9.97 Å². The number of rotatable bonds is 4. The molecule has 4 nitrogen and oxygen atoms in total. The van der Waals surface area contributed by atoms with Gasteiger partial charge < -0.3 is 9.80 Å². The van der Waals surface area contributed by atoms with Crippen molar-refractivity contribution >= 4 is 22.9 Å². The molecule has 0 radical (unpaired) electrons. The number of nitrogens with zero attached hydrogens (tertiary/aromatic N) is 4. The molecule has 2 aliphatic rings. The van der Waals surface area contributed by atoms with E-state index in [0.29, 0.717) is 11.8 Å². The topological polar surface area (TPSA) is 32.3 Å². The zero-order chi connectivity index (χ0) is 21.6. The number of hydrogen-bond donors (Lipinski definition) is 0. The third-order valence-electron chi connectivity index (χ3n) is 7.52. The lowest BCUT2D eigenvalue weighted by Gasteiger charge is -2.47. The number of allylic oxidation sites excluding steroid dienone is 1. The van der Waals surface area contributed by atoms with Gasteiger partial charge >= 0.3 is 0 Å². The van der Waals surface area contributed by atoms with Crippen LogP contribution in [0.2, 0.25) is 0 Å². The zero-order valence-corrected chi connectivity index (χ0v) is 18.6. The lowest BCUT2D eigenvalue weighted by atomic mass is 9.65. The standard InChI is InChI=1S/C27H30N4/c1-5-20-21-15-11-12-16-23(21)31-25-24(17-28-18-29-25)30(19-13-9-8-10-14-19)26(31)27(4,7-3)22(20)6-2/h6,8-18,20,22,26H,2,5,7H2,1,3-4H3. The van der Waals surface area contributed by atoms with E-state index in [0.717, 1.165) is 24.3 Å². The summed E-state index contributed by atoms with van der Waals surface area (Å²) in [5.74, 6) is 1.72. The number of hydrogen-bond acceptors (Lipinski definition) is 4. The molecule has 1 aromatic heterocycles. The van der Waals surface area contributed by atoms with Crippen LogP contribution in [0.5, 0.6) is 0 Å². The summed E-state index contributed by atoms with van der Waals surface area (Å²) in [6, 6.07) is 19.5. The lowest BCUT2D eigenvalue weighted by molar-refractivity contribution is 0.153. The Morgan fingerprint density at radius 2 is 1.74 bits per heavy atom. The van der Waals surface area contributed by atoms with E-state index in [9.17, 15) is 0 Å². The van der Waals surface area contributed by atoms with Gasteiger partial charge in [0, 0.05) is 16.8 Å². The van der Waals surface area contributed by atoms with E-state index >= 15 is 0 Å². The third kappa shape index (κ3) is 2.74. The second kappa shape index (κ2) is 7.52. The molecule has 5 rings (SSSR count). The van der Waals surface area contributed by atoms with Gasteiger partial charge in [-0.3, -0.25) is 0 Å². The average molecular weight is 411 g/mol. The smallest absolute Gasteiger partial charge is 0.162 e. The highest BCUT2D eigenvalue weighted by Gasteiger charge is 2.55. The van der Waals surface area contributed by atoms with Gasteiger partial charge in [-0.05, 0) is 48.4 Å². The van der Waals surface area contributed by atoms with Crippen LogP contribution in [0.4, 0.5) is 22.9 Å². The molecular formula is C27H30N4. The summed E-state index contributed by atoms with van der Waals surface area (Å²) in [5.41, 5.74) is 4.81. The van der Waals surface area contributed by atoms with Gasteiger partial charge in [-0.2, -0.15) is 0 Å². The molecule has 0 amide bonds. The first-order valence-electron chi connectivity index (χ1n) is 11.3. The second-order valence-electron chi connectivity index (χ2n) is 8.88. The molecule has 158 valence electrons. The van der Waals surface area contributed by atoms with E-state index in [2.05, 4.69) is 103 Å². The maximum Gasteiger partial charge on any atom is 0.162 e. The molecule has 4 heteroatoms. The van der Waals surface area contributed by atoms with Crippen LogP contribution in [0.3, 0.4) is 0 Å². The van der Waals surface area contributed by atoms with Crippen molar-refractivity contribution in [1.29, 1.82) is 0 Å². The molecule has 31 heavy (non-hydrogen) atoms. The highest BCUT2D eigenvalue weighted by molar-refractivity contribution is 5.87. The molecule has 0 aliphatic carbocycles. The average Bonchev–Trinajstić information content (AvgIpc) is 3.14. The third-order valence-corrected chi connectivity index (χ3v) is 7.52. The Morgan fingerprint density at radius 1 is 1.00 bits per heavy atom. The number of para-hydroxylation sites is 2. The van der Waals surface area contributed by atoms with Crippen LogP contribution >= 0.6 is 0 Å². The van der Waals surface area contributed by atoms with Crippen LogP contribution in [0.25, 0.3) is 0 Å². The van der Waals surface area contributed by atoms with Crippen LogP contribution in [-0.2, 0) is 0 Å². The van der Waals surface area contributed by atoms with Crippen molar-refractivity contribution in [3.63, 3.8) is 0 Å². The van der Waals surface area contributed by atoms with Gasteiger partial charge in [0.2, 0.25) is 0 Å². The second-order valence-corrected chi connectivity index (χ2v) is 8.88. The van der Waals surface area contributed by atoms with Gasteiger partial charge in [-0.25, -0.2) is 9.97 Å². The molecule has 0 bridgehead atoms. The van der Waals surface area contributed by atoms with Gasteiger partial charge in [-0.1, -0.05) is 63.2 Å². The SMILES string of the molecule is C=CC1C(CC)c2ccccc2N2c3ncncc3N(c3ccccc3)C2C1(C)CC. The predicted molar refractivity (Wildman–Crippen MR) is 128 cm³/mol. The molecule has 2 aliphatic heterocycles. The molecule has 4 unspecified atom stereocenters. The van der Waals surface area contributed by atoms with E-state index in [-0.39, 0.29) is 11.6 Å². The maximum atomic E-state index is 4.81. The first-order valence-corrected chi connectivity index (χ1v) is 11.3. The van der Waals surface area contributed by atoms with Crippen molar-refractivity contribution in [2.75, 3.05) is 9.80 Å². The fourth-order valence-electron chi connectivity index (χ4n) is 5.91. The van der Waals surface area contributed by atoms with E-state index in [4.69, 9.17) is 4.98 Å². The Hall–Kier alpha value is -3.14. The van der Waals surface area contributed by atoms with Crippen LogP contribution in [0.1, 0.15) is 45.1 Å². The summed E-state index contributed by atoms with van der Waals surface area (Å²) in [7, 11) is 0. The molecule has 0 saturated carbocycles. The summed E-state index contributed by atoms with van der Waals surface area (Å²) in [5, 5.41) is 0. The Morgan fingerprint density at radius 3 is 2.45 bits per heavy atom. The van der Waals surface area contributed by atoms with Crippen molar-refractivity contribution in [3.05, 3.63) is 85.3 Å². The van der Waals surface area contributed by atoms with E-state index < -0.39 is 0 Å². The Balaban J connectivity index is 1.86. The number of benzene rings is 2. The van der Waals surface area contributed by atoms with Crippen LogP contribution < -0.4 is 9.80 Å². The van der Waals surface area contributed by atoms with E-state index in [1.807, 2.05) is 6.20 Å². The van der Waals surface area contributed by atoms with Crippen molar-refractivity contribution in [2.45, 2.75) is 45.7 Å². The molecule has 0 spiro atoms. The van der Waals surface area contributed by atoms with Gasteiger partial charge in [0.05, 0.1) is 6.20 Å². The Bertz CT molecular complexity index is 1100. The first-order chi connectivity index (χ1) is 15.2. The molecule has 4 atom stereocenters. The van der Waals surface area contributed by atoms with Crippen LogP contribution in [0, 0.1) is 11.3 Å². The van der Waals surface area contributed by atoms with Gasteiger partial charge in [0.1, 0.15) is 18.2 Å². The monoisotopic (exact) mass is 410 g/mol. The van der Waals surface area contributed by atoms with Gasteiger partial charge in [0.15, 0.2) is 5.82 Å². The molecule has 0 fully saturated rings. The zero-order valence-electron chi connectivity index (χ0n) is 18.6. The normalized spacial score (nSPS) is 26.6. The van der Waals surface area contributed by atoms with Crippen molar-refractivity contribution in [3.8, 4) is 0 Å². The fourth-order valence-corrected chi connectivity index (χ4v) is 5.91. The Labute approximate surface area is 185 Å². The molecule has 0 N–H and O–H groups in total. The molecule has 0 saturated heterocycles. The molecule has 3 heterocycles. The summed E-state index contributed by atoms with van der Waals surface area (Å²) >= 11 is 0. The number of fused-ring (bicyclic) bond motifs is 5. The van der Waals surface area contributed by atoms with Crippen molar-refractivity contribution in [2.24, 2.45) is 11.3 Å². The largest absolute Gasteiger partial charge is 0.315 e. The summed E-state index contributed by atoms with van der Waals surface area (Å²) in [6.45, 7) is 11.4. The van der Waals surface area contributed by atoms with Gasteiger partial charge in [-0.15, -0.1) is 6.58 Å². The lowest BCUT2D eigenvalue weighted by Crippen LogP contribution is -2.52. The first kappa shape index (κ1) is 19.8. The van der Waals surface area contributed by atoms with Crippen LogP contribution in [0.15, 0.2) is 79.8 Å². The van der Waals surface area contributed by atoms with E-state index in [1.165, 1.54) is 16.9 Å². The molecule has 3 aromatic rings.